The molecule has 0 bridgehead atoms. The SMILES string of the molecule is CCCCC1(COC(=O)CCC(=O)OC)C(=O)N(c2ccccc2)N(c2ccccc2)C1=O. The van der Waals surface area contributed by atoms with Gasteiger partial charge in [0.25, 0.3) is 11.8 Å². The molecule has 0 radical (unpaired) electrons. The van der Waals surface area contributed by atoms with E-state index in [1.165, 1.54) is 17.1 Å². The normalized spacial score (nSPS) is 15.0. The number of para-hydroxylation sites is 2. The van der Waals surface area contributed by atoms with Gasteiger partial charge in [0.1, 0.15) is 6.61 Å². The number of methoxy groups -OCH3 is 1. The van der Waals surface area contributed by atoms with Gasteiger partial charge in [-0.15, -0.1) is 0 Å². The highest BCUT2D eigenvalue weighted by atomic mass is 16.5. The number of unbranched alkanes of at least 4 members (excludes halogenated alkanes) is 1. The molecule has 0 atom stereocenters. The van der Waals surface area contributed by atoms with Crippen LogP contribution in [0.5, 0.6) is 0 Å². The summed E-state index contributed by atoms with van der Waals surface area (Å²) >= 11 is 0. The zero-order valence-electron chi connectivity index (χ0n) is 18.9. The number of benzene rings is 2. The molecule has 2 aromatic rings. The molecule has 3 rings (SSSR count). The minimum atomic E-state index is -1.55. The first-order valence-corrected chi connectivity index (χ1v) is 11.0. The monoisotopic (exact) mass is 452 g/mol. The van der Waals surface area contributed by atoms with Gasteiger partial charge in [0, 0.05) is 0 Å². The van der Waals surface area contributed by atoms with Crippen LogP contribution in [0, 0.1) is 5.41 Å². The summed E-state index contributed by atoms with van der Waals surface area (Å²) in [7, 11) is 1.24. The van der Waals surface area contributed by atoms with E-state index in [0.29, 0.717) is 17.8 Å². The zero-order chi connectivity index (χ0) is 23.8. The molecular weight excluding hydrogens is 424 g/mol. The van der Waals surface area contributed by atoms with Gasteiger partial charge in [-0.05, 0) is 30.7 Å². The van der Waals surface area contributed by atoms with E-state index in [0.717, 1.165) is 6.42 Å². The largest absolute Gasteiger partial charge is 0.469 e. The Bertz CT molecular complexity index is 935. The van der Waals surface area contributed by atoms with Gasteiger partial charge < -0.3 is 9.47 Å². The minimum Gasteiger partial charge on any atom is -0.469 e. The van der Waals surface area contributed by atoms with Gasteiger partial charge >= 0.3 is 11.9 Å². The van der Waals surface area contributed by atoms with Crippen molar-refractivity contribution < 1.29 is 28.7 Å². The van der Waals surface area contributed by atoms with Crippen molar-refractivity contribution in [2.45, 2.75) is 39.0 Å². The number of ether oxygens (including phenoxy) is 2. The second kappa shape index (κ2) is 10.8. The van der Waals surface area contributed by atoms with Crippen LogP contribution in [-0.2, 0) is 28.7 Å². The molecule has 8 nitrogen and oxygen atoms in total. The van der Waals surface area contributed by atoms with Crippen LogP contribution in [0.4, 0.5) is 11.4 Å². The number of hydrogen-bond acceptors (Lipinski definition) is 6. The van der Waals surface area contributed by atoms with E-state index >= 15 is 0 Å². The highest BCUT2D eigenvalue weighted by Gasteiger charge is 2.59. The molecule has 174 valence electrons. The van der Waals surface area contributed by atoms with Crippen LogP contribution < -0.4 is 10.0 Å². The van der Waals surface area contributed by atoms with Crippen LogP contribution in [-0.4, -0.2) is 37.5 Å². The van der Waals surface area contributed by atoms with Crippen LogP contribution in [0.3, 0.4) is 0 Å². The van der Waals surface area contributed by atoms with Gasteiger partial charge in [0.2, 0.25) is 0 Å². The Hall–Kier alpha value is -3.68. The molecule has 1 saturated heterocycles. The molecule has 0 spiro atoms. The van der Waals surface area contributed by atoms with Crippen molar-refractivity contribution in [1.82, 2.24) is 0 Å². The van der Waals surface area contributed by atoms with Crippen LogP contribution in [0.25, 0.3) is 0 Å². The third-order valence-corrected chi connectivity index (χ3v) is 5.60. The number of carbonyl (C=O) groups excluding carboxylic acids is 4. The lowest BCUT2D eigenvalue weighted by atomic mass is 9.82. The molecule has 8 heteroatoms. The molecule has 0 unspecified atom stereocenters. The van der Waals surface area contributed by atoms with Crippen molar-refractivity contribution in [2.75, 3.05) is 23.7 Å². The number of hydrogen-bond donors (Lipinski definition) is 0. The number of hydrazine groups is 1. The number of carbonyl (C=O) groups is 4. The number of nitrogens with zero attached hydrogens (tertiary/aromatic N) is 2. The van der Waals surface area contributed by atoms with Crippen molar-refractivity contribution in [3.8, 4) is 0 Å². The molecule has 0 N–H and O–H groups in total. The quantitative estimate of drug-likeness (QED) is 0.404. The molecule has 2 amide bonds. The topological polar surface area (TPSA) is 93.2 Å². The Labute approximate surface area is 193 Å². The van der Waals surface area contributed by atoms with Gasteiger partial charge in [-0.3, -0.25) is 19.2 Å². The Kier molecular flexibility index (Phi) is 7.82. The second-order valence-corrected chi connectivity index (χ2v) is 7.83. The van der Waals surface area contributed by atoms with E-state index < -0.39 is 35.8 Å². The minimum absolute atomic E-state index is 0.133. The van der Waals surface area contributed by atoms with Crippen molar-refractivity contribution in [3.05, 3.63) is 60.7 Å². The van der Waals surface area contributed by atoms with E-state index in [-0.39, 0.29) is 19.3 Å². The second-order valence-electron chi connectivity index (χ2n) is 7.83. The molecule has 33 heavy (non-hydrogen) atoms. The standard InChI is InChI=1S/C25H28N2O6/c1-3-4-17-25(18-33-22(29)16-15-21(28)32-2)23(30)26(19-11-7-5-8-12-19)27(24(25)31)20-13-9-6-10-14-20/h5-14H,3-4,15-18H2,1-2H3. The lowest BCUT2D eigenvalue weighted by molar-refractivity contribution is -0.155. The van der Waals surface area contributed by atoms with Gasteiger partial charge in [0.15, 0.2) is 5.41 Å². The van der Waals surface area contributed by atoms with E-state index in [1.807, 2.05) is 19.1 Å². The molecule has 1 fully saturated rings. The molecular formula is C25H28N2O6. The van der Waals surface area contributed by atoms with Gasteiger partial charge in [0.05, 0.1) is 31.3 Å². The number of rotatable bonds is 10. The molecule has 1 heterocycles. The molecule has 1 aliphatic rings. The number of anilines is 2. The molecule has 0 saturated carbocycles. The van der Waals surface area contributed by atoms with E-state index in [4.69, 9.17) is 4.74 Å². The van der Waals surface area contributed by atoms with Gasteiger partial charge in [-0.1, -0.05) is 56.2 Å². The highest BCUT2D eigenvalue weighted by molar-refractivity contribution is 6.26. The maximum Gasteiger partial charge on any atom is 0.306 e. The fourth-order valence-electron chi connectivity index (χ4n) is 3.75. The van der Waals surface area contributed by atoms with Crippen LogP contribution in [0.15, 0.2) is 60.7 Å². The molecule has 1 aliphatic heterocycles. The molecule has 0 aromatic heterocycles. The Morgan fingerprint density at radius 1 is 0.818 bits per heavy atom. The Balaban J connectivity index is 1.96. The van der Waals surface area contributed by atoms with E-state index in [2.05, 4.69) is 4.74 Å². The van der Waals surface area contributed by atoms with Crippen LogP contribution in [0.2, 0.25) is 0 Å². The Morgan fingerprint density at radius 3 is 1.76 bits per heavy atom. The Morgan fingerprint density at radius 2 is 1.30 bits per heavy atom. The average molecular weight is 453 g/mol. The summed E-state index contributed by atoms with van der Waals surface area (Å²) in [5.41, 5.74) is -0.479. The highest BCUT2D eigenvalue weighted by Crippen LogP contribution is 2.42. The smallest absolute Gasteiger partial charge is 0.306 e. The first-order valence-electron chi connectivity index (χ1n) is 11.0. The first-order chi connectivity index (χ1) is 15.9. The lowest BCUT2D eigenvalue weighted by Gasteiger charge is -2.27. The predicted octanol–water partition coefficient (Wildman–Crippen LogP) is 3.65. The third-order valence-electron chi connectivity index (χ3n) is 5.60. The van der Waals surface area contributed by atoms with E-state index in [1.54, 1.807) is 48.5 Å². The third kappa shape index (κ3) is 5.05. The number of amides is 2. The fourth-order valence-corrected chi connectivity index (χ4v) is 3.75. The molecule has 2 aromatic carbocycles. The van der Waals surface area contributed by atoms with Crippen molar-refractivity contribution in [1.29, 1.82) is 0 Å². The average Bonchev–Trinajstić information content (AvgIpc) is 3.07. The summed E-state index contributed by atoms with van der Waals surface area (Å²) in [4.78, 5) is 51.3. The maximum absolute atomic E-state index is 13.9. The first kappa shape index (κ1) is 24.0. The summed E-state index contributed by atoms with van der Waals surface area (Å²) < 4.78 is 9.93. The van der Waals surface area contributed by atoms with E-state index in [9.17, 15) is 19.2 Å². The summed E-state index contributed by atoms with van der Waals surface area (Å²) in [5.74, 6) is -2.10. The van der Waals surface area contributed by atoms with Crippen molar-refractivity contribution in [2.24, 2.45) is 5.41 Å². The lowest BCUT2D eigenvalue weighted by Crippen LogP contribution is -2.42. The summed E-state index contributed by atoms with van der Waals surface area (Å²) in [5, 5.41) is 2.71. The summed E-state index contributed by atoms with van der Waals surface area (Å²) in [6.45, 7) is 1.57. The van der Waals surface area contributed by atoms with Gasteiger partial charge in [-0.25, -0.2) is 10.0 Å². The summed E-state index contributed by atoms with van der Waals surface area (Å²) in [6.07, 6.45) is 1.27. The van der Waals surface area contributed by atoms with Crippen LogP contribution in [0.1, 0.15) is 39.0 Å². The zero-order valence-corrected chi connectivity index (χ0v) is 18.9. The summed E-state index contributed by atoms with van der Waals surface area (Å²) in [6, 6.07) is 17.8. The maximum atomic E-state index is 13.9. The van der Waals surface area contributed by atoms with Crippen LogP contribution >= 0.6 is 0 Å². The fraction of sp³-hybridized carbons (Fsp3) is 0.360. The molecule has 0 aliphatic carbocycles. The van der Waals surface area contributed by atoms with Gasteiger partial charge in [-0.2, -0.15) is 0 Å². The van der Waals surface area contributed by atoms with Crippen molar-refractivity contribution in [3.63, 3.8) is 0 Å². The number of esters is 2. The van der Waals surface area contributed by atoms with Crippen molar-refractivity contribution >= 4 is 35.1 Å². The predicted molar refractivity (Wildman–Crippen MR) is 122 cm³/mol.